The molecule has 1 aliphatic rings. The number of hydrogen-bond acceptors (Lipinski definition) is 6. The monoisotopic (exact) mass is 526 g/mol. The highest BCUT2D eigenvalue weighted by atomic mass is 35.5. The van der Waals surface area contributed by atoms with E-state index in [2.05, 4.69) is 21.2 Å². The smallest absolute Gasteiger partial charge is 0.227 e. The zero-order valence-corrected chi connectivity index (χ0v) is 21.5. The Morgan fingerprint density at radius 2 is 1.66 bits per heavy atom. The van der Waals surface area contributed by atoms with E-state index in [-0.39, 0.29) is 41.9 Å². The third-order valence-corrected chi connectivity index (χ3v) is 6.73. The summed E-state index contributed by atoms with van der Waals surface area (Å²) in [5.74, 6) is 0.0659. The number of nitrogens with zero attached hydrogens (tertiary/aromatic N) is 6. The van der Waals surface area contributed by atoms with E-state index in [4.69, 9.17) is 10.5 Å². The van der Waals surface area contributed by atoms with E-state index in [1.807, 2.05) is 49.4 Å². The number of halogens is 2. The molecule has 38 heavy (non-hydrogen) atoms. The Balaban J connectivity index is 0.00000336. The first-order valence-corrected chi connectivity index (χ1v) is 12.0. The summed E-state index contributed by atoms with van der Waals surface area (Å²) >= 11 is 0. The number of amides is 1. The van der Waals surface area contributed by atoms with Gasteiger partial charge in [-0.15, -0.1) is 22.6 Å². The van der Waals surface area contributed by atoms with Crippen molar-refractivity contribution in [2.75, 3.05) is 24.5 Å². The molecule has 1 atom stereocenters. The number of anilines is 1. The Kier molecular flexibility index (Phi) is 7.85. The highest BCUT2D eigenvalue weighted by molar-refractivity contribution is 6.00. The molecule has 0 radical (unpaired) electrons. The minimum Gasteiger partial charge on any atom is -0.348 e. The van der Waals surface area contributed by atoms with Crippen LogP contribution in [0.25, 0.3) is 22.0 Å². The maximum atomic E-state index is 14.3. The Morgan fingerprint density at radius 3 is 2.32 bits per heavy atom. The van der Waals surface area contributed by atoms with Gasteiger partial charge in [0, 0.05) is 42.0 Å². The molecule has 4 aromatic rings. The van der Waals surface area contributed by atoms with Crippen molar-refractivity contribution in [3.05, 3.63) is 89.2 Å². The average Bonchev–Trinajstić information content (AvgIpc) is 2.93. The first kappa shape index (κ1) is 26.5. The molecule has 1 fully saturated rings. The number of piperazine rings is 1. The van der Waals surface area contributed by atoms with E-state index in [0.717, 1.165) is 33.9 Å². The summed E-state index contributed by atoms with van der Waals surface area (Å²) in [6, 6.07) is 23.4. The maximum absolute atomic E-state index is 14.3. The summed E-state index contributed by atoms with van der Waals surface area (Å²) in [5.41, 5.74) is 2.73. The van der Waals surface area contributed by atoms with Gasteiger partial charge in [0.1, 0.15) is 11.5 Å². The number of carbonyl (C=O) groups is 1. The molecule has 1 amide bonds. The third kappa shape index (κ3) is 5.13. The molecule has 1 saturated heterocycles. The van der Waals surface area contributed by atoms with Crippen LogP contribution in [0.2, 0.25) is 0 Å². The summed E-state index contributed by atoms with van der Waals surface area (Å²) in [4.78, 5) is 16.9. The van der Waals surface area contributed by atoms with E-state index in [1.165, 1.54) is 12.1 Å². The zero-order chi connectivity index (χ0) is 25.9. The second kappa shape index (κ2) is 11.2. The lowest BCUT2D eigenvalue weighted by Crippen LogP contribution is -2.54. The van der Waals surface area contributed by atoms with Crippen LogP contribution in [0.4, 0.5) is 10.2 Å². The maximum Gasteiger partial charge on any atom is 0.227 e. The zero-order valence-electron chi connectivity index (χ0n) is 20.6. The van der Waals surface area contributed by atoms with Gasteiger partial charge in [-0.3, -0.25) is 4.79 Å². The lowest BCUT2D eigenvalue weighted by molar-refractivity contribution is -0.131. The molecule has 0 unspecified atom stereocenters. The van der Waals surface area contributed by atoms with Gasteiger partial charge >= 0.3 is 0 Å². The molecular formula is C29H24ClFN6O. The van der Waals surface area contributed by atoms with Crippen molar-refractivity contribution in [1.29, 1.82) is 10.5 Å². The van der Waals surface area contributed by atoms with Crippen LogP contribution < -0.4 is 4.90 Å². The van der Waals surface area contributed by atoms with Gasteiger partial charge in [-0.25, -0.2) is 4.39 Å². The first-order chi connectivity index (χ1) is 18.0. The van der Waals surface area contributed by atoms with E-state index in [1.54, 1.807) is 17.0 Å². The number of rotatable bonds is 4. The van der Waals surface area contributed by atoms with Gasteiger partial charge in [0.05, 0.1) is 29.7 Å². The summed E-state index contributed by atoms with van der Waals surface area (Å²) in [6.45, 7) is 3.56. The molecule has 1 aliphatic heterocycles. The highest BCUT2D eigenvalue weighted by Crippen LogP contribution is 2.33. The fourth-order valence-electron chi connectivity index (χ4n) is 4.75. The summed E-state index contributed by atoms with van der Waals surface area (Å²) in [7, 11) is 0. The van der Waals surface area contributed by atoms with E-state index < -0.39 is 5.82 Å². The number of nitriles is 2. The minimum atomic E-state index is -0.539. The van der Waals surface area contributed by atoms with Crippen LogP contribution in [0, 0.1) is 28.5 Å². The van der Waals surface area contributed by atoms with Crippen molar-refractivity contribution in [2.45, 2.75) is 19.4 Å². The van der Waals surface area contributed by atoms with Crippen LogP contribution >= 0.6 is 12.4 Å². The Labute approximate surface area is 226 Å². The molecule has 0 spiro atoms. The summed E-state index contributed by atoms with van der Waals surface area (Å²) in [6.07, 6.45) is -0.0493. The van der Waals surface area contributed by atoms with Crippen LogP contribution in [-0.4, -0.2) is 46.7 Å². The van der Waals surface area contributed by atoms with Crippen LogP contribution in [0.15, 0.2) is 66.7 Å². The van der Waals surface area contributed by atoms with Gasteiger partial charge in [-0.1, -0.05) is 42.5 Å². The van der Waals surface area contributed by atoms with Gasteiger partial charge < -0.3 is 9.80 Å². The second-order valence-corrected chi connectivity index (χ2v) is 9.08. The van der Waals surface area contributed by atoms with Crippen LogP contribution in [0.3, 0.4) is 0 Å². The molecule has 190 valence electrons. The predicted octanol–water partition coefficient (Wildman–Crippen LogP) is 4.88. The molecule has 9 heteroatoms. The molecule has 0 bridgehead atoms. The lowest BCUT2D eigenvalue weighted by atomic mass is 10.0. The van der Waals surface area contributed by atoms with Gasteiger partial charge in [-0.2, -0.15) is 10.5 Å². The lowest BCUT2D eigenvalue weighted by Gasteiger charge is -2.40. The van der Waals surface area contributed by atoms with Crippen LogP contribution in [0.1, 0.15) is 23.6 Å². The molecule has 7 nitrogen and oxygen atoms in total. The van der Waals surface area contributed by atoms with Crippen LogP contribution in [0.5, 0.6) is 0 Å². The molecular weight excluding hydrogens is 503 g/mol. The normalized spacial score (nSPS) is 14.9. The van der Waals surface area contributed by atoms with E-state index >= 15 is 0 Å². The molecule has 0 aliphatic carbocycles. The van der Waals surface area contributed by atoms with Gasteiger partial charge in [0.2, 0.25) is 5.91 Å². The minimum absolute atomic E-state index is 0. The number of benzene rings is 3. The predicted molar refractivity (Wildman–Crippen MR) is 145 cm³/mol. The van der Waals surface area contributed by atoms with Crippen molar-refractivity contribution >= 4 is 34.9 Å². The van der Waals surface area contributed by atoms with Crippen molar-refractivity contribution in [1.82, 2.24) is 15.1 Å². The molecule has 1 aromatic heterocycles. The van der Waals surface area contributed by atoms with E-state index in [9.17, 15) is 9.18 Å². The van der Waals surface area contributed by atoms with Crippen molar-refractivity contribution in [3.8, 4) is 23.4 Å². The molecule has 0 saturated carbocycles. The standard InChI is InChI=1S/C29H23FN6O.ClH/c1-19-18-35(27(37)15-23-11-8-21(17-32)14-26(23)30)12-13-36(19)29-25-5-3-2-4-24(25)28(33-34-29)22-9-6-20(16-31)7-10-22;/h2-11,14,19H,12-13,15,18H2,1H3;1H/t19-;/m0./s1. The number of hydrogen-bond donors (Lipinski definition) is 0. The Hall–Kier alpha value is -4.53. The van der Waals surface area contributed by atoms with Crippen molar-refractivity contribution in [2.24, 2.45) is 0 Å². The van der Waals surface area contributed by atoms with Crippen molar-refractivity contribution in [3.63, 3.8) is 0 Å². The fourth-order valence-corrected chi connectivity index (χ4v) is 4.75. The molecule has 0 N–H and O–H groups in total. The van der Waals surface area contributed by atoms with Crippen LogP contribution in [-0.2, 0) is 11.2 Å². The third-order valence-electron chi connectivity index (χ3n) is 6.73. The average molecular weight is 527 g/mol. The highest BCUT2D eigenvalue weighted by Gasteiger charge is 2.29. The molecule has 5 rings (SSSR count). The van der Waals surface area contributed by atoms with Gasteiger partial charge in [0.15, 0.2) is 5.82 Å². The van der Waals surface area contributed by atoms with Gasteiger partial charge in [-0.05, 0) is 36.8 Å². The number of fused-ring (bicyclic) bond motifs is 1. The Morgan fingerprint density at radius 1 is 0.974 bits per heavy atom. The quantitative estimate of drug-likeness (QED) is 0.376. The molecule has 3 aromatic carbocycles. The fraction of sp³-hybridized carbons (Fsp3) is 0.207. The largest absolute Gasteiger partial charge is 0.348 e. The topological polar surface area (TPSA) is 96.9 Å². The SMILES string of the molecule is C[C@H]1CN(C(=O)Cc2ccc(C#N)cc2F)CCN1c1nnc(-c2ccc(C#N)cc2)c2ccccc12.Cl. The van der Waals surface area contributed by atoms with Crippen molar-refractivity contribution < 1.29 is 9.18 Å². The summed E-state index contributed by atoms with van der Waals surface area (Å²) in [5, 5.41) is 29.1. The van der Waals surface area contributed by atoms with Gasteiger partial charge in [0.25, 0.3) is 0 Å². The summed E-state index contributed by atoms with van der Waals surface area (Å²) < 4.78 is 14.3. The van der Waals surface area contributed by atoms with E-state index in [0.29, 0.717) is 25.2 Å². The first-order valence-electron chi connectivity index (χ1n) is 12.0. The second-order valence-electron chi connectivity index (χ2n) is 9.08. The number of aromatic nitrogens is 2. The molecule has 2 heterocycles. The Bertz CT molecular complexity index is 1580. The number of carbonyl (C=O) groups excluding carboxylic acids is 1.